The zero-order chi connectivity index (χ0) is 19.0. The number of fused-ring (bicyclic) bond motifs is 1. The lowest BCUT2D eigenvalue weighted by molar-refractivity contribution is 0.558. The van der Waals surface area contributed by atoms with E-state index in [9.17, 15) is 0 Å². The molecule has 0 amide bonds. The number of rotatable bonds is 14. The molecule has 0 atom stereocenters. The van der Waals surface area contributed by atoms with Gasteiger partial charge in [-0.25, -0.2) is 0 Å². The Labute approximate surface area is 214 Å². The van der Waals surface area contributed by atoms with Crippen molar-refractivity contribution in [2.24, 2.45) is 10.7 Å². The molecule has 1 aliphatic heterocycles. The van der Waals surface area contributed by atoms with E-state index >= 15 is 0 Å². The number of benzene rings is 1. The van der Waals surface area contributed by atoms with E-state index in [2.05, 4.69) is 40.2 Å². The molecule has 0 aliphatic carbocycles. The summed E-state index contributed by atoms with van der Waals surface area (Å²) < 4.78 is 0. The first-order valence-electron chi connectivity index (χ1n) is 10.9. The van der Waals surface area contributed by atoms with Crippen LogP contribution in [0.15, 0.2) is 29.3 Å². The number of nitrogens with two attached hydrogens (primary N) is 1. The zero-order valence-electron chi connectivity index (χ0n) is 18.6. The SMILES string of the molecule is Cl.Cl.Cl.Cl.NCCCCNCCCCNCCCCN=C1CCCc2ccccc2N1. The summed E-state index contributed by atoms with van der Waals surface area (Å²) >= 11 is 0. The van der Waals surface area contributed by atoms with Gasteiger partial charge in [-0.15, -0.1) is 49.6 Å². The molecule has 0 saturated heterocycles. The van der Waals surface area contributed by atoms with E-state index in [1.165, 1.54) is 43.4 Å². The molecular weight excluding hydrogens is 476 g/mol. The molecule has 1 aliphatic rings. The van der Waals surface area contributed by atoms with Crippen molar-refractivity contribution in [1.29, 1.82) is 0 Å². The van der Waals surface area contributed by atoms with Gasteiger partial charge in [-0.05, 0) is 95.7 Å². The van der Waals surface area contributed by atoms with Crippen LogP contribution < -0.4 is 21.7 Å². The van der Waals surface area contributed by atoms with Crippen molar-refractivity contribution in [3.63, 3.8) is 0 Å². The molecule has 0 bridgehead atoms. The van der Waals surface area contributed by atoms with Crippen LogP contribution in [-0.4, -0.2) is 45.1 Å². The Morgan fingerprint density at radius 2 is 1.35 bits per heavy atom. The number of unbranched alkanes of at least 4 members (excludes halogenated alkanes) is 3. The predicted molar refractivity (Wildman–Crippen MR) is 147 cm³/mol. The number of aryl methyl sites for hydroxylation is 1. The highest BCUT2D eigenvalue weighted by Crippen LogP contribution is 2.21. The van der Waals surface area contributed by atoms with Gasteiger partial charge in [0.05, 0.1) is 0 Å². The predicted octanol–water partition coefficient (Wildman–Crippen LogP) is 5.00. The van der Waals surface area contributed by atoms with Crippen LogP contribution >= 0.6 is 49.6 Å². The van der Waals surface area contributed by atoms with Crippen molar-refractivity contribution in [3.05, 3.63) is 29.8 Å². The summed E-state index contributed by atoms with van der Waals surface area (Å²) in [5.74, 6) is 1.16. The third-order valence-electron chi connectivity index (χ3n) is 4.99. The molecule has 2 rings (SSSR count). The monoisotopic (exact) mass is 517 g/mol. The summed E-state index contributed by atoms with van der Waals surface area (Å²) in [6, 6.07) is 8.60. The van der Waals surface area contributed by atoms with Gasteiger partial charge < -0.3 is 21.7 Å². The fraction of sp³-hybridized carbons (Fsp3) is 0.682. The van der Waals surface area contributed by atoms with Gasteiger partial charge in [-0.1, -0.05) is 18.2 Å². The lowest BCUT2D eigenvalue weighted by atomic mass is 10.1. The third kappa shape index (κ3) is 16.9. The molecule has 9 heteroatoms. The van der Waals surface area contributed by atoms with Crippen molar-refractivity contribution >= 4 is 61.2 Å². The first-order valence-corrected chi connectivity index (χ1v) is 10.9. The van der Waals surface area contributed by atoms with E-state index in [-0.39, 0.29) is 49.6 Å². The zero-order valence-corrected chi connectivity index (χ0v) is 21.8. The van der Waals surface area contributed by atoms with E-state index in [4.69, 9.17) is 10.7 Å². The van der Waals surface area contributed by atoms with Crippen LogP contribution in [0.4, 0.5) is 5.69 Å². The maximum Gasteiger partial charge on any atom is 0.101 e. The quantitative estimate of drug-likeness (QED) is 0.261. The molecule has 0 aromatic heterocycles. The van der Waals surface area contributed by atoms with Crippen LogP contribution in [0.2, 0.25) is 0 Å². The number of halogens is 4. The Bertz CT molecular complexity index is 546. The summed E-state index contributed by atoms with van der Waals surface area (Å²) in [6.45, 7) is 6.19. The molecule has 0 unspecified atom stereocenters. The second-order valence-corrected chi connectivity index (χ2v) is 7.37. The molecular formula is C22H43Cl4N5. The molecule has 5 N–H and O–H groups in total. The molecule has 1 aromatic rings. The van der Waals surface area contributed by atoms with E-state index in [1.807, 2.05) is 0 Å². The van der Waals surface area contributed by atoms with Gasteiger partial charge in [0.25, 0.3) is 0 Å². The van der Waals surface area contributed by atoms with Gasteiger partial charge >= 0.3 is 0 Å². The van der Waals surface area contributed by atoms with Crippen LogP contribution in [0.1, 0.15) is 56.9 Å². The third-order valence-corrected chi connectivity index (χ3v) is 4.99. The number of nitrogens with one attached hydrogen (secondary N) is 3. The number of amidine groups is 1. The molecule has 5 nitrogen and oxygen atoms in total. The van der Waals surface area contributed by atoms with E-state index in [0.717, 1.165) is 70.8 Å². The Balaban J connectivity index is -0.00000196. The van der Waals surface area contributed by atoms with Gasteiger partial charge in [-0.2, -0.15) is 0 Å². The number of aliphatic imine (C=N–C) groups is 1. The van der Waals surface area contributed by atoms with Gasteiger partial charge in [0.15, 0.2) is 0 Å². The molecule has 0 fully saturated rings. The van der Waals surface area contributed by atoms with Crippen molar-refractivity contribution in [2.45, 2.75) is 57.8 Å². The van der Waals surface area contributed by atoms with Crippen molar-refractivity contribution in [1.82, 2.24) is 10.6 Å². The van der Waals surface area contributed by atoms with Gasteiger partial charge in [0, 0.05) is 18.7 Å². The molecule has 1 heterocycles. The Kier molecular flexibility index (Phi) is 27.8. The Morgan fingerprint density at radius 3 is 2.00 bits per heavy atom. The topological polar surface area (TPSA) is 74.5 Å². The van der Waals surface area contributed by atoms with Crippen molar-refractivity contribution < 1.29 is 0 Å². The van der Waals surface area contributed by atoms with Crippen LogP contribution in [0, 0.1) is 0 Å². The van der Waals surface area contributed by atoms with Crippen LogP contribution in [0.5, 0.6) is 0 Å². The highest BCUT2D eigenvalue weighted by Gasteiger charge is 2.10. The van der Waals surface area contributed by atoms with Gasteiger partial charge in [-0.3, -0.25) is 4.99 Å². The first-order chi connectivity index (χ1) is 13.4. The smallest absolute Gasteiger partial charge is 0.101 e. The Morgan fingerprint density at radius 1 is 0.774 bits per heavy atom. The Hall–Kier alpha value is -0.270. The second-order valence-electron chi connectivity index (χ2n) is 7.37. The minimum absolute atomic E-state index is 0. The van der Waals surface area contributed by atoms with Crippen molar-refractivity contribution in [2.75, 3.05) is 44.6 Å². The summed E-state index contributed by atoms with van der Waals surface area (Å²) in [4.78, 5) is 4.79. The number of hydrogen-bond donors (Lipinski definition) is 4. The summed E-state index contributed by atoms with van der Waals surface area (Å²) in [7, 11) is 0. The second kappa shape index (κ2) is 24.4. The fourth-order valence-corrected chi connectivity index (χ4v) is 3.36. The van der Waals surface area contributed by atoms with Crippen LogP contribution in [-0.2, 0) is 6.42 Å². The van der Waals surface area contributed by atoms with Gasteiger partial charge in [0.2, 0.25) is 0 Å². The van der Waals surface area contributed by atoms with Gasteiger partial charge in [0.1, 0.15) is 5.84 Å². The molecule has 0 radical (unpaired) electrons. The number of hydrogen-bond acceptors (Lipinski definition) is 4. The van der Waals surface area contributed by atoms with Crippen LogP contribution in [0.3, 0.4) is 0 Å². The average Bonchev–Trinajstić information content (AvgIpc) is 2.90. The number of anilines is 1. The first kappa shape index (κ1) is 35.3. The summed E-state index contributed by atoms with van der Waals surface area (Å²) in [6.07, 6.45) is 10.6. The molecule has 1 aromatic carbocycles. The summed E-state index contributed by atoms with van der Waals surface area (Å²) in [5.41, 5.74) is 8.14. The lowest BCUT2D eigenvalue weighted by Gasteiger charge is -2.09. The average molecular weight is 519 g/mol. The molecule has 0 spiro atoms. The normalized spacial score (nSPS) is 13.4. The molecule has 31 heavy (non-hydrogen) atoms. The highest BCUT2D eigenvalue weighted by molar-refractivity contribution is 5.96. The van der Waals surface area contributed by atoms with Crippen molar-refractivity contribution in [3.8, 4) is 0 Å². The molecule has 0 saturated carbocycles. The number of para-hydroxylation sites is 1. The van der Waals surface area contributed by atoms with Crippen LogP contribution in [0.25, 0.3) is 0 Å². The lowest BCUT2D eigenvalue weighted by Crippen LogP contribution is -2.21. The maximum absolute atomic E-state index is 5.48. The fourth-order valence-electron chi connectivity index (χ4n) is 3.36. The largest absolute Gasteiger partial charge is 0.344 e. The number of nitrogens with zero attached hydrogens (tertiary/aromatic N) is 1. The minimum atomic E-state index is 0. The highest BCUT2D eigenvalue weighted by atomic mass is 35.5. The molecule has 184 valence electrons. The van der Waals surface area contributed by atoms with E-state index in [1.54, 1.807) is 0 Å². The summed E-state index contributed by atoms with van der Waals surface area (Å²) in [5, 5.41) is 10.6. The van der Waals surface area contributed by atoms with E-state index < -0.39 is 0 Å². The van der Waals surface area contributed by atoms with E-state index in [0.29, 0.717) is 0 Å². The standard InChI is InChI=1S/C22H39N5.4ClH/c23-14-3-4-15-24-16-5-6-17-25-18-7-8-19-26-22-13-9-11-20-10-1-2-12-21(20)27-22;;;;/h1-2,10,12,24-25H,3-9,11,13-19,23H2,(H,26,27);4*1H. The maximum atomic E-state index is 5.48. The minimum Gasteiger partial charge on any atom is -0.344 e.